The Balaban J connectivity index is 1.74. The number of nitrogens with zero attached hydrogens (tertiary/aromatic N) is 1. The molecule has 5 heteroatoms. The smallest absolute Gasteiger partial charge is 0.161 e. The number of aryl methyl sites for hydroxylation is 1. The molecule has 4 rings (SSSR count). The van der Waals surface area contributed by atoms with E-state index in [0.29, 0.717) is 30.2 Å². The quantitative estimate of drug-likeness (QED) is 0.571. The fourth-order valence-corrected chi connectivity index (χ4v) is 3.30. The molecule has 0 fully saturated rings. The maximum Gasteiger partial charge on any atom is 0.161 e. The van der Waals surface area contributed by atoms with Gasteiger partial charge in [-0.25, -0.2) is 13.2 Å². The van der Waals surface area contributed by atoms with Crippen LogP contribution in [0.25, 0.3) is 10.8 Å². The van der Waals surface area contributed by atoms with E-state index in [1.807, 2.05) is 12.1 Å². The lowest BCUT2D eigenvalue weighted by molar-refractivity contribution is 0.172. The molecule has 0 saturated carbocycles. The van der Waals surface area contributed by atoms with Crippen molar-refractivity contribution >= 4 is 10.8 Å². The number of hydrogen-bond donors (Lipinski definition) is 0. The van der Waals surface area contributed by atoms with Gasteiger partial charge in [0.1, 0.15) is 17.7 Å². The Morgan fingerprint density at radius 3 is 2.56 bits per heavy atom. The van der Waals surface area contributed by atoms with Crippen molar-refractivity contribution in [3.05, 3.63) is 76.6 Å². The predicted octanol–water partition coefficient (Wildman–Crippen LogP) is 5.20. The summed E-state index contributed by atoms with van der Waals surface area (Å²) in [7, 11) is 0. The molecular formula is C20H12F3NO. The molecule has 0 bridgehead atoms. The summed E-state index contributed by atoms with van der Waals surface area (Å²) in [5.41, 5.74) is 1.57. The van der Waals surface area contributed by atoms with E-state index in [4.69, 9.17) is 10.00 Å². The number of hydrogen-bond acceptors (Lipinski definition) is 2. The molecule has 0 spiro atoms. The zero-order valence-corrected chi connectivity index (χ0v) is 13.0. The minimum Gasteiger partial charge on any atom is -0.485 e. The molecule has 124 valence electrons. The van der Waals surface area contributed by atoms with E-state index in [1.54, 1.807) is 18.2 Å². The van der Waals surface area contributed by atoms with Crippen molar-refractivity contribution in [2.45, 2.75) is 18.9 Å². The van der Waals surface area contributed by atoms with Crippen LogP contribution in [0.15, 0.2) is 42.5 Å². The third kappa shape index (κ3) is 2.60. The normalized spacial score (nSPS) is 16.2. The number of halogens is 3. The molecule has 3 aromatic carbocycles. The van der Waals surface area contributed by atoms with Gasteiger partial charge in [0.25, 0.3) is 0 Å². The second-order valence-corrected chi connectivity index (χ2v) is 6.02. The molecule has 2 nitrogen and oxygen atoms in total. The Morgan fingerprint density at radius 2 is 1.76 bits per heavy atom. The number of benzene rings is 3. The van der Waals surface area contributed by atoms with Gasteiger partial charge in [0.15, 0.2) is 11.6 Å². The van der Waals surface area contributed by atoms with E-state index in [0.717, 1.165) is 22.4 Å². The van der Waals surface area contributed by atoms with E-state index in [9.17, 15) is 13.2 Å². The van der Waals surface area contributed by atoms with Gasteiger partial charge in [-0.15, -0.1) is 0 Å². The summed E-state index contributed by atoms with van der Waals surface area (Å²) in [5, 5.41) is 10.9. The summed E-state index contributed by atoms with van der Waals surface area (Å²) in [6.45, 7) is 0. The molecule has 1 heterocycles. The summed E-state index contributed by atoms with van der Waals surface area (Å²) in [5.74, 6) is -2.52. The SMILES string of the molecule is N#Cc1ccc2c3c(ccc2c1)OC(c1cc(F)c(F)cc1F)CC3. The van der Waals surface area contributed by atoms with Gasteiger partial charge >= 0.3 is 0 Å². The molecule has 25 heavy (non-hydrogen) atoms. The zero-order chi connectivity index (χ0) is 17.6. The molecule has 0 N–H and O–H groups in total. The second-order valence-electron chi connectivity index (χ2n) is 6.02. The fraction of sp³-hybridized carbons (Fsp3) is 0.150. The first kappa shape index (κ1) is 15.5. The lowest BCUT2D eigenvalue weighted by Crippen LogP contribution is -2.17. The molecule has 0 saturated heterocycles. The van der Waals surface area contributed by atoms with Crippen LogP contribution in [0.4, 0.5) is 13.2 Å². The summed E-state index contributed by atoms with van der Waals surface area (Å²) in [4.78, 5) is 0. The Kier molecular flexibility index (Phi) is 3.61. The number of ether oxygens (including phenoxy) is 1. The van der Waals surface area contributed by atoms with E-state index in [2.05, 4.69) is 6.07 Å². The van der Waals surface area contributed by atoms with Crippen LogP contribution >= 0.6 is 0 Å². The minimum absolute atomic E-state index is 0.0180. The summed E-state index contributed by atoms with van der Waals surface area (Å²) < 4.78 is 46.5. The Morgan fingerprint density at radius 1 is 0.960 bits per heavy atom. The van der Waals surface area contributed by atoms with Gasteiger partial charge in [-0.05, 0) is 47.9 Å². The van der Waals surface area contributed by atoms with Gasteiger partial charge < -0.3 is 4.74 Å². The predicted molar refractivity (Wildman–Crippen MR) is 86.7 cm³/mol. The van der Waals surface area contributed by atoms with E-state index >= 15 is 0 Å². The van der Waals surface area contributed by atoms with Crippen LogP contribution in [-0.4, -0.2) is 0 Å². The third-order valence-corrected chi connectivity index (χ3v) is 4.53. The maximum absolute atomic E-state index is 14.0. The molecule has 0 radical (unpaired) electrons. The van der Waals surface area contributed by atoms with Crippen LogP contribution in [0.5, 0.6) is 5.75 Å². The van der Waals surface area contributed by atoms with Crippen LogP contribution in [0.2, 0.25) is 0 Å². The molecule has 1 atom stereocenters. The highest BCUT2D eigenvalue weighted by molar-refractivity contribution is 5.89. The van der Waals surface area contributed by atoms with Crippen molar-refractivity contribution in [2.75, 3.05) is 0 Å². The number of rotatable bonds is 1. The highest BCUT2D eigenvalue weighted by Gasteiger charge is 2.26. The van der Waals surface area contributed by atoms with Crippen LogP contribution in [-0.2, 0) is 6.42 Å². The average molecular weight is 339 g/mol. The van der Waals surface area contributed by atoms with Gasteiger partial charge in [0, 0.05) is 17.2 Å². The fourth-order valence-electron chi connectivity index (χ4n) is 3.30. The highest BCUT2D eigenvalue weighted by Crippen LogP contribution is 2.39. The van der Waals surface area contributed by atoms with Gasteiger partial charge in [0.05, 0.1) is 11.6 Å². The van der Waals surface area contributed by atoms with Crippen molar-refractivity contribution in [3.8, 4) is 11.8 Å². The second kappa shape index (κ2) is 5.82. The summed E-state index contributed by atoms with van der Waals surface area (Å²) in [6.07, 6.45) is 0.397. The van der Waals surface area contributed by atoms with Crippen molar-refractivity contribution < 1.29 is 17.9 Å². The highest BCUT2D eigenvalue weighted by atomic mass is 19.2. The number of nitriles is 1. The van der Waals surface area contributed by atoms with Crippen LogP contribution < -0.4 is 4.74 Å². The van der Waals surface area contributed by atoms with Gasteiger partial charge in [-0.2, -0.15) is 5.26 Å². The zero-order valence-electron chi connectivity index (χ0n) is 13.0. The largest absolute Gasteiger partial charge is 0.485 e. The average Bonchev–Trinajstić information content (AvgIpc) is 2.63. The lowest BCUT2D eigenvalue weighted by atomic mass is 9.92. The lowest BCUT2D eigenvalue weighted by Gasteiger charge is -2.27. The first-order valence-electron chi connectivity index (χ1n) is 7.83. The van der Waals surface area contributed by atoms with E-state index in [-0.39, 0.29) is 5.56 Å². The first-order valence-corrected chi connectivity index (χ1v) is 7.83. The molecule has 1 aliphatic heterocycles. The number of fused-ring (bicyclic) bond motifs is 3. The first-order chi connectivity index (χ1) is 12.1. The van der Waals surface area contributed by atoms with Crippen molar-refractivity contribution in [1.29, 1.82) is 5.26 Å². The van der Waals surface area contributed by atoms with Crippen LogP contribution in [0.3, 0.4) is 0 Å². The molecule has 1 unspecified atom stereocenters. The summed E-state index contributed by atoms with van der Waals surface area (Å²) >= 11 is 0. The van der Waals surface area contributed by atoms with Crippen LogP contribution in [0, 0.1) is 28.8 Å². The monoisotopic (exact) mass is 339 g/mol. The third-order valence-electron chi connectivity index (χ3n) is 4.53. The standard InChI is InChI=1S/C20H12F3NO/c21-16-9-18(23)17(22)8-15(16)20-6-4-14-13-3-1-11(10-24)7-12(13)2-5-19(14)25-20/h1-3,5,7-9,20H,4,6H2. The molecule has 0 aromatic heterocycles. The Labute approximate surface area is 142 Å². The molecule has 0 aliphatic carbocycles. The van der Waals surface area contributed by atoms with E-state index in [1.165, 1.54) is 0 Å². The molecule has 3 aromatic rings. The van der Waals surface area contributed by atoms with Gasteiger partial charge in [-0.3, -0.25) is 0 Å². The molecule has 0 amide bonds. The van der Waals surface area contributed by atoms with Crippen molar-refractivity contribution in [2.24, 2.45) is 0 Å². The van der Waals surface area contributed by atoms with Crippen molar-refractivity contribution in [3.63, 3.8) is 0 Å². The van der Waals surface area contributed by atoms with Crippen LogP contribution in [0.1, 0.15) is 29.2 Å². The van der Waals surface area contributed by atoms with E-state index < -0.39 is 23.6 Å². The summed E-state index contributed by atoms with van der Waals surface area (Å²) in [6, 6.07) is 12.5. The molecule has 1 aliphatic rings. The van der Waals surface area contributed by atoms with Crippen molar-refractivity contribution in [1.82, 2.24) is 0 Å². The topological polar surface area (TPSA) is 33.0 Å². The maximum atomic E-state index is 14.0. The van der Waals surface area contributed by atoms with Gasteiger partial charge in [-0.1, -0.05) is 12.1 Å². The molecular weight excluding hydrogens is 327 g/mol. The Hall–Kier alpha value is -3.00. The minimum atomic E-state index is -1.21. The Bertz CT molecular complexity index is 1040. The van der Waals surface area contributed by atoms with Gasteiger partial charge in [0.2, 0.25) is 0 Å².